The molecule has 0 amide bonds. The Labute approximate surface area is 113 Å². The maximum atomic E-state index is 5.60. The molecule has 18 heavy (non-hydrogen) atoms. The molecule has 0 aliphatic carbocycles. The predicted octanol–water partition coefficient (Wildman–Crippen LogP) is 3.80. The van der Waals surface area contributed by atoms with Crippen LogP contribution < -0.4 is 5.32 Å². The molecule has 0 bridgehead atoms. The highest BCUT2D eigenvalue weighted by molar-refractivity contribution is 7.17. The smallest absolute Gasteiger partial charge is 0.0697 e. The number of ether oxygens (including phenoxy) is 1. The monoisotopic (exact) mass is 263 g/mol. The van der Waals surface area contributed by atoms with E-state index in [-0.39, 0.29) is 6.10 Å². The Bertz CT molecular complexity index is 494. The molecule has 1 heterocycles. The van der Waals surface area contributed by atoms with E-state index >= 15 is 0 Å². The maximum absolute atomic E-state index is 5.60. The first-order chi connectivity index (χ1) is 8.72. The van der Waals surface area contributed by atoms with Crippen LogP contribution in [0.5, 0.6) is 0 Å². The van der Waals surface area contributed by atoms with E-state index in [4.69, 9.17) is 4.74 Å². The lowest BCUT2D eigenvalue weighted by atomic mass is 10.1. The van der Waals surface area contributed by atoms with Crippen LogP contribution in [0, 0.1) is 0 Å². The molecule has 0 radical (unpaired) electrons. The lowest BCUT2D eigenvalue weighted by molar-refractivity contribution is 0.0519. The summed E-state index contributed by atoms with van der Waals surface area (Å²) < 4.78 is 6.96. The van der Waals surface area contributed by atoms with Gasteiger partial charge in [-0.25, -0.2) is 0 Å². The number of hydrogen-bond donors (Lipinski definition) is 1. The van der Waals surface area contributed by atoms with Crippen molar-refractivity contribution in [2.24, 2.45) is 0 Å². The molecule has 1 N–H and O–H groups in total. The van der Waals surface area contributed by atoms with Gasteiger partial charge >= 0.3 is 0 Å². The summed E-state index contributed by atoms with van der Waals surface area (Å²) in [5.74, 6) is 0. The SMILES string of the molecule is CCOC(C)[C@H](C)NCc1csc2ccccc12. The van der Waals surface area contributed by atoms with E-state index in [1.54, 1.807) is 0 Å². The van der Waals surface area contributed by atoms with Gasteiger partial charge < -0.3 is 10.1 Å². The van der Waals surface area contributed by atoms with Gasteiger partial charge in [-0.3, -0.25) is 0 Å². The Hall–Kier alpha value is -0.900. The van der Waals surface area contributed by atoms with Crippen LogP contribution in [0.3, 0.4) is 0 Å². The van der Waals surface area contributed by atoms with Crippen LogP contribution in [-0.4, -0.2) is 18.8 Å². The maximum Gasteiger partial charge on any atom is 0.0697 e. The Morgan fingerprint density at radius 2 is 2.06 bits per heavy atom. The molecule has 1 unspecified atom stereocenters. The molecular formula is C15H21NOS. The van der Waals surface area contributed by atoms with Crippen LogP contribution in [0.1, 0.15) is 26.3 Å². The fourth-order valence-electron chi connectivity index (χ4n) is 2.01. The third-order valence-electron chi connectivity index (χ3n) is 3.31. The van der Waals surface area contributed by atoms with E-state index in [1.165, 1.54) is 15.6 Å². The molecule has 0 fully saturated rings. The van der Waals surface area contributed by atoms with Crippen molar-refractivity contribution in [1.82, 2.24) is 5.32 Å². The van der Waals surface area contributed by atoms with E-state index in [1.807, 2.05) is 18.3 Å². The Kier molecular flexibility index (Phi) is 4.75. The minimum atomic E-state index is 0.250. The van der Waals surface area contributed by atoms with Crippen LogP contribution in [0.4, 0.5) is 0 Å². The van der Waals surface area contributed by atoms with Crippen molar-refractivity contribution in [1.29, 1.82) is 0 Å². The lowest BCUT2D eigenvalue weighted by Crippen LogP contribution is -2.36. The van der Waals surface area contributed by atoms with Gasteiger partial charge in [-0.1, -0.05) is 18.2 Å². The predicted molar refractivity (Wildman–Crippen MR) is 79.2 cm³/mol. The molecule has 2 atom stereocenters. The van der Waals surface area contributed by atoms with Crippen LogP contribution in [-0.2, 0) is 11.3 Å². The quantitative estimate of drug-likeness (QED) is 0.856. The first-order valence-corrected chi connectivity index (χ1v) is 7.40. The minimum absolute atomic E-state index is 0.250. The third kappa shape index (κ3) is 3.10. The summed E-state index contributed by atoms with van der Waals surface area (Å²) in [6.45, 7) is 8.01. The van der Waals surface area contributed by atoms with Crippen LogP contribution in [0.25, 0.3) is 10.1 Å². The van der Waals surface area contributed by atoms with Crippen molar-refractivity contribution in [2.75, 3.05) is 6.61 Å². The molecule has 0 saturated heterocycles. The molecule has 1 aromatic heterocycles. The van der Waals surface area contributed by atoms with E-state index < -0.39 is 0 Å². The number of benzene rings is 1. The molecule has 98 valence electrons. The molecule has 2 nitrogen and oxygen atoms in total. The molecule has 0 spiro atoms. The Morgan fingerprint density at radius 1 is 1.28 bits per heavy atom. The molecule has 3 heteroatoms. The largest absolute Gasteiger partial charge is 0.377 e. The number of thiophene rings is 1. The average Bonchev–Trinajstić information content (AvgIpc) is 2.79. The second kappa shape index (κ2) is 6.32. The van der Waals surface area contributed by atoms with Crippen LogP contribution in [0.2, 0.25) is 0 Å². The molecule has 0 aliphatic heterocycles. The molecule has 1 aromatic carbocycles. The fourth-order valence-corrected chi connectivity index (χ4v) is 2.98. The number of nitrogens with one attached hydrogen (secondary N) is 1. The van der Waals surface area contributed by atoms with Crippen molar-refractivity contribution in [3.8, 4) is 0 Å². The summed E-state index contributed by atoms with van der Waals surface area (Å²) in [5, 5.41) is 7.16. The lowest BCUT2D eigenvalue weighted by Gasteiger charge is -2.21. The zero-order chi connectivity index (χ0) is 13.0. The van der Waals surface area contributed by atoms with E-state index in [0.29, 0.717) is 6.04 Å². The van der Waals surface area contributed by atoms with Gasteiger partial charge in [0.25, 0.3) is 0 Å². The van der Waals surface area contributed by atoms with Gasteiger partial charge in [0.15, 0.2) is 0 Å². The van der Waals surface area contributed by atoms with Crippen molar-refractivity contribution in [2.45, 2.75) is 39.5 Å². The minimum Gasteiger partial charge on any atom is -0.377 e. The summed E-state index contributed by atoms with van der Waals surface area (Å²) in [5.41, 5.74) is 1.38. The number of rotatable bonds is 6. The highest BCUT2D eigenvalue weighted by Gasteiger charge is 2.12. The zero-order valence-corrected chi connectivity index (χ0v) is 12.1. The second-order valence-corrected chi connectivity index (χ2v) is 5.50. The van der Waals surface area contributed by atoms with Crippen LogP contribution in [0.15, 0.2) is 29.6 Å². The van der Waals surface area contributed by atoms with E-state index in [9.17, 15) is 0 Å². The topological polar surface area (TPSA) is 21.3 Å². The van der Waals surface area contributed by atoms with Crippen molar-refractivity contribution < 1.29 is 4.74 Å². The molecule has 0 aliphatic rings. The average molecular weight is 263 g/mol. The van der Waals surface area contributed by atoms with Gasteiger partial charge in [0.05, 0.1) is 6.10 Å². The molecular weight excluding hydrogens is 242 g/mol. The van der Waals surface area contributed by atoms with Gasteiger partial charge in [-0.15, -0.1) is 11.3 Å². The first-order valence-electron chi connectivity index (χ1n) is 6.52. The van der Waals surface area contributed by atoms with Gasteiger partial charge in [0.2, 0.25) is 0 Å². The third-order valence-corrected chi connectivity index (χ3v) is 4.32. The highest BCUT2D eigenvalue weighted by Crippen LogP contribution is 2.25. The fraction of sp³-hybridized carbons (Fsp3) is 0.467. The van der Waals surface area contributed by atoms with Gasteiger partial charge in [-0.05, 0) is 43.2 Å². The molecule has 2 aromatic rings. The molecule has 0 saturated carbocycles. The van der Waals surface area contributed by atoms with Crippen LogP contribution >= 0.6 is 11.3 Å². The summed E-state index contributed by atoms with van der Waals surface area (Å²) >= 11 is 1.81. The summed E-state index contributed by atoms with van der Waals surface area (Å²) in [6, 6.07) is 8.93. The van der Waals surface area contributed by atoms with Gasteiger partial charge in [-0.2, -0.15) is 0 Å². The zero-order valence-electron chi connectivity index (χ0n) is 11.3. The molecule has 2 rings (SSSR count). The Morgan fingerprint density at radius 3 is 2.83 bits per heavy atom. The van der Waals surface area contributed by atoms with E-state index in [0.717, 1.165) is 13.2 Å². The van der Waals surface area contributed by atoms with Crippen molar-refractivity contribution in [3.05, 3.63) is 35.2 Å². The number of fused-ring (bicyclic) bond motifs is 1. The summed E-state index contributed by atoms with van der Waals surface area (Å²) in [6.07, 6.45) is 0.250. The van der Waals surface area contributed by atoms with Gasteiger partial charge in [0.1, 0.15) is 0 Å². The van der Waals surface area contributed by atoms with Crippen molar-refractivity contribution >= 4 is 21.4 Å². The summed E-state index contributed by atoms with van der Waals surface area (Å²) in [4.78, 5) is 0. The Balaban J connectivity index is 1.98. The highest BCUT2D eigenvalue weighted by atomic mass is 32.1. The standard InChI is InChI=1S/C15H21NOS/c1-4-17-12(3)11(2)16-9-13-10-18-15-8-6-5-7-14(13)15/h5-8,10-12,16H,4,9H2,1-3H3/t11-,12?/m0/s1. The van der Waals surface area contributed by atoms with Gasteiger partial charge in [0, 0.05) is 23.9 Å². The van der Waals surface area contributed by atoms with Crippen molar-refractivity contribution in [3.63, 3.8) is 0 Å². The second-order valence-electron chi connectivity index (χ2n) is 4.59. The normalized spacial score (nSPS) is 14.8. The first kappa shape index (κ1) is 13.5. The number of hydrogen-bond acceptors (Lipinski definition) is 3. The van der Waals surface area contributed by atoms with E-state index in [2.05, 4.69) is 48.8 Å². The summed E-state index contributed by atoms with van der Waals surface area (Å²) in [7, 11) is 0.